The van der Waals surface area contributed by atoms with E-state index in [0.717, 1.165) is 27.1 Å². The number of hydrogen-bond acceptors (Lipinski definition) is 3. The number of hydrazine groups is 1. The van der Waals surface area contributed by atoms with Crippen LogP contribution in [0.25, 0.3) is 5.69 Å². The summed E-state index contributed by atoms with van der Waals surface area (Å²) >= 11 is 3.25. The Kier molecular flexibility index (Phi) is 5.22. The summed E-state index contributed by atoms with van der Waals surface area (Å²) in [6.45, 7) is 3.79. The molecule has 3 aromatic rings. The molecule has 3 N–H and O–H groups in total. The van der Waals surface area contributed by atoms with E-state index in [0.29, 0.717) is 5.69 Å². The third-order valence-electron chi connectivity index (χ3n) is 3.99. The molecule has 0 aliphatic rings. The Labute approximate surface area is 158 Å². The Balaban J connectivity index is 1.66. The molecule has 3 rings (SSSR count). The lowest BCUT2D eigenvalue weighted by molar-refractivity contribution is -0.121. The van der Waals surface area contributed by atoms with Gasteiger partial charge in [-0.15, -0.1) is 0 Å². The van der Waals surface area contributed by atoms with Gasteiger partial charge in [0.2, 0.25) is 5.91 Å². The minimum atomic E-state index is -0.419. The molecule has 7 nitrogen and oxygen atoms in total. The lowest BCUT2D eigenvalue weighted by Crippen LogP contribution is -2.42. The molecule has 2 heterocycles. The molecule has 0 radical (unpaired) electrons. The van der Waals surface area contributed by atoms with Crippen molar-refractivity contribution >= 4 is 27.7 Å². The average Bonchev–Trinajstić information content (AvgIpc) is 3.19. The minimum Gasteiger partial charge on any atom is -0.356 e. The van der Waals surface area contributed by atoms with Gasteiger partial charge in [0.1, 0.15) is 5.69 Å². The number of aryl methyl sites for hydroxylation is 1. The maximum atomic E-state index is 12.2. The Bertz CT molecular complexity index is 946. The quantitative estimate of drug-likeness (QED) is 0.571. The highest BCUT2D eigenvalue weighted by molar-refractivity contribution is 9.10. The highest BCUT2D eigenvalue weighted by atomic mass is 79.9. The van der Waals surface area contributed by atoms with Crippen molar-refractivity contribution < 1.29 is 9.59 Å². The number of carbonyl (C=O) groups is 2. The summed E-state index contributed by atoms with van der Waals surface area (Å²) in [5.41, 5.74) is 8.61. The Morgan fingerprint density at radius 1 is 1.19 bits per heavy atom. The molecule has 0 unspecified atom stereocenters. The summed E-state index contributed by atoms with van der Waals surface area (Å²) in [4.78, 5) is 27.0. The third kappa shape index (κ3) is 3.85. The molecule has 2 amide bonds. The molecular formula is C18H18BrN5O2. The highest BCUT2D eigenvalue weighted by Crippen LogP contribution is 2.18. The van der Waals surface area contributed by atoms with Crippen LogP contribution in [0.4, 0.5) is 0 Å². The predicted molar refractivity (Wildman–Crippen MR) is 101 cm³/mol. The van der Waals surface area contributed by atoms with Crippen LogP contribution in [0, 0.1) is 13.8 Å². The SMILES string of the molecule is Cc1nn(-c2ccccc2)c(C)c1CC(=O)NNC(=O)c1cc(Br)c[nH]1. The molecule has 0 spiro atoms. The Morgan fingerprint density at radius 3 is 2.58 bits per heavy atom. The minimum absolute atomic E-state index is 0.124. The number of aromatic nitrogens is 3. The molecule has 8 heteroatoms. The van der Waals surface area contributed by atoms with Crippen LogP contribution in [-0.2, 0) is 11.2 Å². The van der Waals surface area contributed by atoms with E-state index in [1.165, 1.54) is 0 Å². The van der Waals surface area contributed by atoms with Crippen LogP contribution in [0.2, 0.25) is 0 Å². The number of carbonyl (C=O) groups excluding carboxylic acids is 2. The molecule has 134 valence electrons. The lowest BCUT2D eigenvalue weighted by atomic mass is 10.1. The van der Waals surface area contributed by atoms with Crippen molar-refractivity contribution in [2.24, 2.45) is 0 Å². The van der Waals surface area contributed by atoms with Crippen LogP contribution in [0.15, 0.2) is 47.1 Å². The van der Waals surface area contributed by atoms with Crippen molar-refractivity contribution in [2.45, 2.75) is 20.3 Å². The van der Waals surface area contributed by atoms with E-state index in [2.05, 4.69) is 36.9 Å². The maximum absolute atomic E-state index is 12.2. The topological polar surface area (TPSA) is 91.8 Å². The normalized spacial score (nSPS) is 10.6. The fourth-order valence-corrected chi connectivity index (χ4v) is 2.99. The summed E-state index contributed by atoms with van der Waals surface area (Å²) < 4.78 is 2.57. The van der Waals surface area contributed by atoms with Gasteiger partial charge < -0.3 is 4.98 Å². The zero-order valence-corrected chi connectivity index (χ0v) is 15.9. The van der Waals surface area contributed by atoms with Gasteiger partial charge in [-0.25, -0.2) is 4.68 Å². The first-order chi connectivity index (χ1) is 12.5. The summed E-state index contributed by atoms with van der Waals surface area (Å²) in [5, 5.41) is 4.52. The zero-order chi connectivity index (χ0) is 18.7. The fraction of sp³-hybridized carbons (Fsp3) is 0.167. The number of hydrogen-bond donors (Lipinski definition) is 3. The largest absolute Gasteiger partial charge is 0.356 e. The van der Waals surface area contributed by atoms with Gasteiger partial charge in [-0.3, -0.25) is 20.4 Å². The highest BCUT2D eigenvalue weighted by Gasteiger charge is 2.16. The summed E-state index contributed by atoms with van der Waals surface area (Å²) in [6.07, 6.45) is 1.76. The Hall–Kier alpha value is -2.87. The second kappa shape index (κ2) is 7.57. The van der Waals surface area contributed by atoms with Crippen molar-refractivity contribution in [3.63, 3.8) is 0 Å². The van der Waals surface area contributed by atoms with Gasteiger partial charge in [-0.05, 0) is 48.0 Å². The lowest BCUT2D eigenvalue weighted by Gasteiger charge is -2.07. The first kappa shape index (κ1) is 17.9. The second-order valence-corrected chi connectivity index (χ2v) is 6.72. The van der Waals surface area contributed by atoms with Crippen molar-refractivity contribution in [1.29, 1.82) is 0 Å². The van der Waals surface area contributed by atoms with Gasteiger partial charge in [-0.2, -0.15) is 5.10 Å². The third-order valence-corrected chi connectivity index (χ3v) is 4.44. The molecule has 0 fully saturated rings. The molecular weight excluding hydrogens is 398 g/mol. The average molecular weight is 416 g/mol. The molecule has 0 aliphatic carbocycles. The Morgan fingerprint density at radius 2 is 1.92 bits per heavy atom. The van der Waals surface area contributed by atoms with Crippen LogP contribution in [-0.4, -0.2) is 26.6 Å². The van der Waals surface area contributed by atoms with Gasteiger partial charge in [0.05, 0.1) is 17.8 Å². The van der Waals surface area contributed by atoms with E-state index >= 15 is 0 Å². The summed E-state index contributed by atoms with van der Waals surface area (Å²) in [5.74, 6) is -0.736. The maximum Gasteiger partial charge on any atom is 0.286 e. The van der Waals surface area contributed by atoms with E-state index in [4.69, 9.17) is 0 Å². The first-order valence-electron chi connectivity index (χ1n) is 7.99. The van der Waals surface area contributed by atoms with Crippen molar-refractivity contribution in [3.8, 4) is 5.69 Å². The molecule has 26 heavy (non-hydrogen) atoms. The molecule has 0 atom stereocenters. The van der Waals surface area contributed by atoms with Crippen LogP contribution < -0.4 is 10.9 Å². The van der Waals surface area contributed by atoms with E-state index in [1.54, 1.807) is 12.3 Å². The van der Waals surface area contributed by atoms with Gasteiger partial charge in [0, 0.05) is 21.9 Å². The number of rotatable bonds is 4. The van der Waals surface area contributed by atoms with E-state index in [9.17, 15) is 9.59 Å². The number of aromatic amines is 1. The standard InChI is InChI=1S/C18H18BrN5O2/c1-11-15(12(2)24(23-11)14-6-4-3-5-7-14)9-17(25)21-22-18(26)16-8-13(19)10-20-16/h3-8,10,20H,9H2,1-2H3,(H,21,25)(H,22,26). The van der Waals surface area contributed by atoms with E-state index < -0.39 is 5.91 Å². The number of amides is 2. The van der Waals surface area contributed by atoms with Crippen molar-refractivity contribution in [2.75, 3.05) is 0 Å². The van der Waals surface area contributed by atoms with Crippen molar-refractivity contribution in [3.05, 3.63) is 69.7 Å². The smallest absolute Gasteiger partial charge is 0.286 e. The van der Waals surface area contributed by atoms with Gasteiger partial charge in [0.25, 0.3) is 5.91 Å². The molecule has 0 saturated carbocycles. The van der Waals surface area contributed by atoms with E-state index in [1.807, 2.05) is 48.9 Å². The number of halogens is 1. The second-order valence-electron chi connectivity index (χ2n) is 5.81. The first-order valence-corrected chi connectivity index (χ1v) is 8.78. The predicted octanol–water partition coefficient (Wildman–Crippen LogP) is 2.58. The molecule has 0 aliphatic heterocycles. The number of benzene rings is 1. The van der Waals surface area contributed by atoms with Gasteiger partial charge in [-0.1, -0.05) is 18.2 Å². The number of nitrogens with one attached hydrogen (secondary N) is 3. The summed E-state index contributed by atoms with van der Waals surface area (Å²) in [7, 11) is 0. The van der Waals surface area contributed by atoms with Crippen LogP contribution in [0.1, 0.15) is 27.4 Å². The van der Waals surface area contributed by atoms with Crippen LogP contribution in [0.3, 0.4) is 0 Å². The number of para-hydroxylation sites is 1. The fourth-order valence-electron chi connectivity index (χ4n) is 2.65. The number of H-pyrrole nitrogens is 1. The zero-order valence-electron chi connectivity index (χ0n) is 14.3. The van der Waals surface area contributed by atoms with E-state index in [-0.39, 0.29) is 12.3 Å². The molecule has 2 aromatic heterocycles. The van der Waals surface area contributed by atoms with Crippen molar-refractivity contribution in [1.82, 2.24) is 25.6 Å². The number of nitrogens with zero attached hydrogens (tertiary/aromatic N) is 2. The molecule has 0 bridgehead atoms. The molecule has 1 aromatic carbocycles. The van der Waals surface area contributed by atoms with Crippen LogP contribution in [0.5, 0.6) is 0 Å². The monoisotopic (exact) mass is 415 g/mol. The van der Waals surface area contributed by atoms with Gasteiger partial charge in [0.15, 0.2) is 0 Å². The summed E-state index contributed by atoms with van der Waals surface area (Å²) in [6, 6.07) is 11.4. The molecule has 0 saturated heterocycles. The van der Waals surface area contributed by atoms with Crippen LogP contribution >= 0.6 is 15.9 Å². The van der Waals surface area contributed by atoms with Gasteiger partial charge >= 0.3 is 0 Å².